The van der Waals surface area contributed by atoms with Crippen molar-refractivity contribution in [1.82, 2.24) is 15.1 Å². The second-order valence-corrected chi connectivity index (χ2v) is 9.16. The fourth-order valence-electron chi connectivity index (χ4n) is 4.82. The van der Waals surface area contributed by atoms with Crippen LogP contribution in [0.25, 0.3) is 0 Å². The van der Waals surface area contributed by atoms with Crippen LogP contribution in [0.1, 0.15) is 82.0 Å². The third kappa shape index (κ3) is 5.06. The van der Waals surface area contributed by atoms with E-state index in [9.17, 15) is 14.4 Å². The molecule has 8 nitrogen and oxygen atoms in total. The minimum absolute atomic E-state index is 0.000256. The minimum Gasteiger partial charge on any atom is -0.462 e. The van der Waals surface area contributed by atoms with Gasteiger partial charge in [-0.1, -0.05) is 26.0 Å². The highest BCUT2D eigenvalue weighted by Gasteiger charge is 2.39. The van der Waals surface area contributed by atoms with Crippen LogP contribution in [-0.2, 0) is 28.9 Å². The number of amides is 1. The Morgan fingerprint density at radius 2 is 1.85 bits per heavy atom. The molecule has 182 valence electrons. The number of hydrogen-bond acceptors (Lipinski definition) is 6. The van der Waals surface area contributed by atoms with Gasteiger partial charge in [-0.3, -0.25) is 14.3 Å². The highest BCUT2D eigenvalue weighted by atomic mass is 16.5. The van der Waals surface area contributed by atoms with E-state index < -0.39 is 5.97 Å². The SMILES string of the molecule is CCC(=O)c1ccc(C(=O)OCCCn2nc(CC)c3c2CC2(CCOCC2)CNC3=O)cc1. The summed E-state index contributed by atoms with van der Waals surface area (Å²) in [5, 5.41) is 7.87. The van der Waals surface area contributed by atoms with Crippen molar-refractivity contribution in [3.63, 3.8) is 0 Å². The van der Waals surface area contributed by atoms with Crippen LogP contribution in [0.15, 0.2) is 24.3 Å². The molecule has 2 aliphatic heterocycles. The van der Waals surface area contributed by atoms with Crippen molar-refractivity contribution >= 4 is 17.7 Å². The summed E-state index contributed by atoms with van der Waals surface area (Å²) in [5.74, 6) is -0.414. The Kier molecular flexibility index (Phi) is 7.46. The lowest BCUT2D eigenvalue weighted by molar-refractivity contribution is 0.0152. The van der Waals surface area contributed by atoms with Gasteiger partial charge in [0, 0.05) is 44.7 Å². The van der Waals surface area contributed by atoms with Crippen LogP contribution in [0.4, 0.5) is 0 Å². The molecule has 1 aromatic carbocycles. The topological polar surface area (TPSA) is 99.5 Å². The predicted molar refractivity (Wildman–Crippen MR) is 126 cm³/mol. The maximum atomic E-state index is 12.9. The number of esters is 1. The monoisotopic (exact) mass is 467 g/mol. The largest absolute Gasteiger partial charge is 0.462 e. The lowest BCUT2D eigenvalue weighted by Gasteiger charge is -2.36. The molecule has 34 heavy (non-hydrogen) atoms. The van der Waals surface area contributed by atoms with Gasteiger partial charge in [-0.15, -0.1) is 0 Å². The van der Waals surface area contributed by atoms with E-state index in [1.807, 2.05) is 18.5 Å². The summed E-state index contributed by atoms with van der Waals surface area (Å²) in [6.45, 7) is 6.72. The Hall–Kier alpha value is -3.00. The van der Waals surface area contributed by atoms with Gasteiger partial charge in [0.05, 0.1) is 29.1 Å². The third-order valence-electron chi connectivity index (χ3n) is 6.92. The van der Waals surface area contributed by atoms with E-state index >= 15 is 0 Å². The fourth-order valence-corrected chi connectivity index (χ4v) is 4.82. The number of carbonyl (C=O) groups is 3. The fraction of sp³-hybridized carbons (Fsp3) is 0.538. The zero-order valence-corrected chi connectivity index (χ0v) is 20.0. The lowest BCUT2D eigenvalue weighted by Crippen LogP contribution is -2.40. The van der Waals surface area contributed by atoms with Crippen molar-refractivity contribution in [1.29, 1.82) is 0 Å². The molecule has 1 fully saturated rings. The number of hydrogen-bond donors (Lipinski definition) is 1. The molecule has 0 atom stereocenters. The summed E-state index contributed by atoms with van der Waals surface area (Å²) >= 11 is 0. The molecule has 1 saturated heterocycles. The molecule has 0 radical (unpaired) electrons. The number of rotatable bonds is 8. The van der Waals surface area contributed by atoms with E-state index in [1.54, 1.807) is 24.3 Å². The molecule has 1 N–H and O–H groups in total. The van der Waals surface area contributed by atoms with E-state index in [0.717, 1.165) is 30.7 Å². The molecule has 2 aliphatic rings. The van der Waals surface area contributed by atoms with Crippen molar-refractivity contribution < 1.29 is 23.9 Å². The summed E-state index contributed by atoms with van der Waals surface area (Å²) in [7, 11) is 0. The molecular weight excluding hydrogens is 434 g/mol. The van der Waals surface area contributed by atoms with Crippen LogP contribution >= 0.6 is 0 Å². The molecule has 0 aliphatic carbocycles. The average molecular weight is 468 g/mol. The first-order valence-corrected chi connectivity index (χ1v) is 12.2. The Labute approximate surface area is 200 Å². The second kappa shape index (κ2) is 10.5. The number of aryl methyl sites for hydroxylation is 2. The van der Waals surface area contributed by atoms with Crippen LogP contribution in [0, 0.1) is 5.41 Å². The molecule has 0 bridgehead atoms. The predicted octanol–water partition coefficient (Wildman–Crippen LogP) is 3.37. The first-order chi connectivity index (χ1) is 16.5. The zero-order valence-electron chi connectivity index (χ0n) is 20.0. The van der Waals surface area contributed by atoms with E-state index in [0.29, 0.717) is 62.3 Å². The van der Waals surface area contributed by atoms with Crippen molar-refractivity contribution in [2.45, 2.75) is 58.9 Å². The number of ketones is 1. The third-order valence-corrected chi connectivity index (χ3v) is 6.92. The molecule has 0 unspecified atom stereocenters. The summed E-state index contributed by atoms with van der Waals surface area (Å²) < 4.78 is 13.0. The van der Waals surface area contributed by atoms with Crippen molar-refractivity contribution in [2.75, 3.05) is 26.4 Å². The Morgan fingerprint density at radius 1 is 1.15 bits per heavy atom. The summed E-state index contributed by atoms with van der Waals surface area (Å²) in [6.07, 6.45) is 4.33. The van der Waals surface area contributed by atoms with Crippen molar-refractivity contribution in [3.8, 4) is 0 Å². The van der Waals surface area contributed by atoms with Gasteiger partial charge in [0.25, 0.3) is 5.91 Å². The number of ether oxygens (including phenoxy) is 2. The van der Waals surface area contributed by atoms with Gasteiger partial charge >= 0.3 is 5.97 Å². The standard InChI is InChI=1S/C26H33N3O5/c1-3-20-23-21(16-26(17-27-24(23)31)10-14-33-15-11-26)29(28-20)12-5-13-34-25(32)19-8-6-18(7-9-19)22(30)4-2/h6-9H,3-5,10-17H2,1-2H3,(H,27,31). The van der Waals surface area contributed by atoms with E-state index in [1.165, 1.54) is 0 Å². The lowest BCUT2D eigenvalue weighted by atomic mass is 9.76. The number of Topliss-reactive ketones (excluding diaryl/α,β-unsaturated/α-hetero) is 1. The summed E-state index contributed by atoms with van der Waals surface area (Å²) in [4.78, 5) is 37.0. The van der Waals surface area contributed by atoms with Crippen LogP contribution in [0.5, 0.6) is 0 Å². The van der Waals surface area contributed by atoms with E-state index in [2.05, 4.69) is 5.32 Å². The van der Waals surface area contributed by atoms with Gasteiger partial charge < -0.3 is 14.8 Å². The molecule has 8 heteroatoms. The Balaban J connectivity index is 1.40. The highest BCUT2D eigenvalue weighted by molar-refractivity contribution is 5.97. The van der Waals surface area contributed by atoms with Gasteiger partial charge in [-0.25, -0.2) is 4.79 Å². The van der Waals surface area contributed by atoms with Gasteiger partial charge in [0.15, 0.2) is 5.78 Å². The van der Waals surface area contributed by atoms with E-state index in [-0.39, 0.29) is 23.7 Å². The number of nitrogens with one attached hydrogen (secondary N) is 1. The molecule has 1 amide bonds. The minimum atomic E-state index is -0.412. The van der Waals surface area contributed by atoms with Gasteiger partial charge in [-0.05, 0) is 43.2 Å². The summed E-state index contributed by atoms with van der Waals surface area (Å²) in [6, 6.07) is 6.56. The van der Waals surface area contributed by atoms with Gasteiger partial charge in [-0.2, -0.15) is 5.10 Å². The number of fused-ring (bicyclic) bond motifs is 1. The maximum Gasteiger partial charge on any atom is 0.338 e. The molecule has 0 saturated carbocycles. The Morgan fingerprint density at radius 3 is 2.53 bits per heavy atom. The molecule has 3 heterocycles. The number of carbonyl (C=O) groups excluding carboxylic acids is 3. The molecule has 4 rings (SSSR count). The van der Waals surface area contributed by atoms with E-state index in [4.69, 9.17) is 14.6 Å². The van der Waals surface area contributed by atoms with Crippen LogP contribution in [-0.4, -0.2) is 53.8 Å². The smallest absolute Gasteiger partial charge is 0.338 e. The maximum absolute atomic E-state index is 12.9. The normalized spacial score (nSPS) is 17.1. The van der Waals surface area contributed by atoms with Gasteiger partial charge in [0.1, 0.15) is 0 Å². The number of aromatic nitrogens is 2. The molecule has 2 aromatic rings. The zero-order chi connectivity index (χ0) is 24.1. The average Bonchev–Trinajstić information content (AvgIpc) is 3.15. The summed E-state index contributed by atoms with van der Waals surface area (Å²) in [5.41, 5.74) is 3.53. The van der Waals surface area contributed by atoms with Crippen LogP contribution in [0.2, 0.25) is 0 Å². The van der Waals surface area contributed by atoms with Gasteiger partial charge in [0.2, 0.25) is 0 Å². The molecular formula is C26H33N3O5. The first kappa shape index (κ1) is 24.1. The molecule has 1 aromatic heterocycles. The van der Waals surface area contributed by atoms with Crippen molar-refractivity contribution in [3.05, 3.63) is 52.3 Å². The Bertz CT molecular complexity index is 1050. The number of nitrogens with zero attached hydrogens (tertiary/aromatic N) is 2. The molecule has 1 spiro atoms. The van der Waals surface area contributed by atoms with Crippen LogP contribution in [0.3, 0.4) is 0 Å². The quantitative estimate of drug-likeness (QED) is 0.363. The number of benzene rings is 1. The second-order valence-electron chi connectivity index (χ2n) is 9.16. The van der Waals surface area contributed by atoms with Crippen molar-refractivity contribution in [2.24, 2.45) is 5.41 Å². The van der Waals surface area contributed by atoms with Crippen LogP contribution < -0.4 is 5.32 Å². The first-order valence-electron chi connectivity index (χ1n) is 12.2. The highest BCUT2D eigenvalue weighted by Crippen LogP contribution is 2.37.